The highest BCUT2D eigenvalue weighted by atomic mass is 32.1. The highest BCUT2D eigenvalue weighted by Crippen LogP contribution is 2.15. The number of thiazole rings is 1. The minimum atomic E-state index is -1.04. The monoisotopic (exact) mass is 266 g/mol. The van der Waals surface area contributed by atoms with Crippen molar-refractivity contribution in [2.45, 2.75) is 6.42 Å². The lowest BCUT2D eigenvalue weighted by Gasteiger charge is -2.02. The maximum absolute atomic E-state index is 12.9. The van der Waals surface area contributed by atoms with E-state index in [-0.39, 0.29) is 11.5 Å². The van der Waals surface area contributed by atoms with Crippen molar-refractivity contribution in [1.29, 1.82) is 0 Å². The van der Waals surface area contributed by atoms with Crippen molar-refractivity contribution >= 4 is 22.4 Å². The normalized spacial score (nSPS) is 10.3. The van der Waals surface area contributed by atoms with Crippen LogP contribution in [0.2, 0.25) is 0 Å². The van der Waals surface area contributed by atoms with Gasteiger partial charge in [0, 0.05) is 11.9 Å². The van der Waals surface area contributed by atoms with Gasteiger partial charge in [0.25, 0.3) is 0 Å². The van der Waals surface area contributed by atoms with E-state index in [9.17, 15) is 9.18 Å². The molecule has 1 aromatic carbocycles. The summed E-state index contributed by atoms with van der Waals surface area (Å²) >= 11 is 1.24. The molecule has 0 spiro atoms. The lowest BCUT2D eigenvalue weighted by atomic mass is 10.1. The number of rotatable bonds is 5. The fourth-order valence-corrected chi connectivity index (χ4v) is 2.17. The Hall–Kier alpha value is -1.95. The van der Waals surface area contributed by atoms with Crippen molar-refractivity contribution in [1.82, 2.24) is 4.98 Å². The Morgan fingerprint density at radius 1 is 1.50 bits per heavy atom. The van der Waals surface area contributed by atoms with E-state index in [1.54, 1.807) is 6.07 Å². The van der Waals surface area contributed by atoms with Gasteiger partial charge < -0.3 is 10.4 Å². The zero-order valence-corrected chi connectivity index (χ0v) is 10.2. The summed E-state index contributed by atoms with van der Waals surface area (Å²) in [6, 6.07) is 6.38. The molecule has 0 fully saturated rings. The molecule has 2 N–H and O–H groups in total. The number of carboxylic acids is 1. The predicted molar refractivity (Wildman–Crippen MR) is 67.7 cm³/mol. The topological polar surface area (TPSA) is 62.2 Å². The van der Waals surface area contributed by atoms with Gasteiger partial charge in [0.1, 0.15) is 5.82 Å². The van der Waals surface area contributed by atoms with Crippen LogP contribution in [-0.2, 0) is 6.42 Å². The average Bonchev–Trinajstić information content (AvgIpc) is 2.78. The van der Waals surface area contributed by atoms with Gasteiger partial charge in [0.15, 0.2) is 10.8 Å². The number of halogens is 1. The summed E-state index contributed by atoms with van der Waals surface area (Å²) < 4.78 is 12.9. The molecule has 0 saturated carbocycles. The zero-order chi connectivity index (χ0) is 13.0. The van der Waals surface area contributed by atoms with E-state index in [2.05, 4.69) is 10.3 Å². The molecule has 94 valence electrons. The van der Waals surface area contributed by atoms with Crippen LogP contribution in [0.3, 0.4) is 0 Å². The first-order valence-electron chi connectivity index (χ1n) is 5.32. The maximum atomic E-state index is 12.9. The van der Waals surface area contributed by atoms with Crippen molar-refractivity contribution in [2.24, 2.45) is 0 Å². The summed E-state index contributed by atoms with van der Waals surface area (Å²) in [7, 11) is 0. The van der Waals surface area contributed by atoms with Gasteiger partial charge in [0.2, 0.25) is 0 Å². The Labute approximate surface area is 107 Å². The fourth-order valence-electron chi connectivity index (χ4n) is 1.46. The molecule has 1 heterocycles. The van der Waals surface area contributed by atoms with Crippen LogP contribution in [0.1, 0.15) is 16.1 Å². The maximum Gasteiger partial charge on any atom is 0.355 e. The molecule has 2 rings (SSSR count). The Morgan fingerprint density at radius 3 is 3.00 bits per heavy atom. The number of anilines is 1. The van der Waals surface area contributed by atoms with Crippen LogP contribution in [0.5, 0.6) is 0 Å². The molecule has 0 aliphatic heterocycles. The Morgan fingerprint density at radius 2 is 2.33 bits per heavy atom. The van der Waals surface area contributed by atoms with E-state index in [4.69, 9.17) is 5.11 Å². The average molecular weight is 266 g/mol. The molecule has 0 saturated heterocycles. The van der Waals surface area contributed by atoms with E-state index in [0.29, 0.717) is 18.1 Å². The predicted octanol–water partition coefficient (Wildman–Crippen LogP) is 2.64. The largest absolute Gasteiger partial charge is 0.476 e. The van der Waals surface area contributed by atoms with Crippen LogP contribution >= 0.6 is 11.3 Å². The number of benzene rings is 1. The van der Waals surface area contributed by atoms with Gasteiger partial charge in [-0.2, -0.15) is 0 Å². The number of hydrogen-bond donors (Lipinski definition) is 2. The number of nitrogens with one attached hydrogen (secondary N) is 1. The summed E-state index contributed by atoms with van der Waals surface area (Å²) in [5.41, 5.74) is 0.922. The van der Waals surface area contributed by atoms with E-state index in [1.165, 1.54) is 28.8 Å². The van der Waals surface area contributed by atoms with E-state index in [0.717, 1.165) is 5.56 Å². The van der Waals surface area contributed by atoms with Gasteiger partial charge >= 0.3 is 5.97 Å². The molecule has 0 unspecified atom stereocenters. The van der Waals surface area contributed by atoms with Gasteiger partial charge in [-0.3, -0.25) is 0 Å². The molecule has 0 atom stereocenters. The van der Waals surface area contributed by atoms with Crippen LogP contribution in [0.25, 0.3) is 0 Å². The number of carbonyl (C=O) groups is 1. The minimum absolute atomic E-state index is 0.0354. The second-order valence-electron chi connectivity index (χ2n) is 3.65. The highest BCUT2D eigenvalue weighted by molar-refractivity contribution is 7.13. The molecule has 18 heavy (non-hydrogen) atoms. The Bertz CT molecular complexity index is 557. The molecular weight excluding hydrogens is 255 g/mol. The van der Waals surface area contributed by atoms with Crippen molar-refractivity contribution in [3.05, 3.63) is 46.7 Å². The van der Waals surface area contributed by atoms with E-state index in [1.807, 2.05) is 6.07 Å². The number of aromatic nitrogens is 1. The molecule has 4 nitrogen and oxygen atoms in total. The van der Waals surface area contributed by atoms with Crippen molar-refractivity contribution in [2.75, 3.05) is 11.9 Å². The molecule has 0 aliphatic carbocycles. The number of aromatic carboxylic acids is 1. The van der Waals surface area contributed by atoms with E-state index < -0.39 is 5.97 Å². The first-order valence-corrected chi connectivity index (χ1v) is 6.20. The van der Waals surface area contributed by atoms with Crippen LogP contribution < -0.4 is 5.32 Å². The molecule has 0 bridgehead atoms. The SMILES string of the molecule is O=C(O)c1csc(NCCc2cccc(F)c2)n1. The Kier molecular flexibility index (Phi) is 3.88. The molecular formula is C12H11FN2O2S. The quantitative estimate of drug-likeness (QED) is 0.873. The summed E-state index contributed by atoms with van der Waals surface area (Å²) in [5.74, 6) is -1.29. The molecule has 0 aliphatic rings. The minimum Gasteiger partial charge on any atom is -0.476 e. The Balaban J connectivity index is 1.86. The summed E-state index contributed by atoms with van der Waals surface area (Å²) in [6.07, 6.45) is 0.653. The molecule has 0 amide bonds. The number of nitrogens with zero attached hydrogens (tertiary/aromatic N) is 1. The second kappa shape index (κ2) is 5.59. The van der Waals surface area contributed by atoms with Gasteiger partial charge in [-0.05, 0) is 24.1 Å². The third kappa shape index (κ3) is 3.27. The highest BCUT2D eigenvalue weighted by Gasteiger charge is 2.07. The van der Waals surface area contributed by atoms with Crippen LogP contribution in [0.4, 0.5) is 9.52 Å². The van der Waals surface area contributed by atoms with Crippen LogP contribution in [0, 0.1) is 5.82 Å². The molecule has 1 aromatic heterocycles. The van der Waals surface area contributed by atoms with Gasteiger partial charge in [-0.1, -0.05) is 12.1 Å². The van der Waals surface area contributed by atoms with Gasteiger partial charge in [-0.25, -0.2) is 14.2 Å². The van der Waals surface area contributed by atoms with Gasteiger partial charge in [0.05, 0.1) is 0 Å². The van der Waals surface area contributed by atoms with Gasteiger partial charge in [-0.15, -0.1) is 11.3 Å². The van der Waals surface area contributed by atoms with Crippen molar-refractivity contribution in [3.8, 4) is 0 Å². The molecule has 6 heteroatoms. The second-order valence-corrected chi connectivity index (χ2v) is 4.51. The number of carboxylic acid groups (broad SMARTS) is 1. The third-order valence-electron chi connectivity index (χ3n) is 2.30. The van der Waals surface area contributed by atoms with E-state index >= 15 is 0 Å². The third-order valence-corrected chi connectivity index (χ3v) is 3.10. The summed E-state index contributed by atoms with van der Waals surface area (Å²) in [6.45, 7) is 0.579. The molecule has 2 aromatic rings. The van der Waals surface area contributed by atoms with Crippen molar-refractivity contribution in [3.63, 3.8) is 0 Å². The van der Waals surface area contributed by atoms with Crippen LogP contribution in [-0.4, -0.2) is 22.6 Å². The first-order chi connectivity index (χ1) is 8.65. The zero-order valence-electron chi connectivity index (χ0n) is 9.39. The summed E-state index contributed by atoms with van der Waals surface area (Å²) in [5, 5.41) is 13.8. The molecule has 0 radical (unpaired) electrons. The van der Waals surface area contributed by atoms with Crippen molar-refractivity contribution < 1.29 is 14.3 Å². The lowest BCUT2D eigenvalue weighted by molar-refractivity contribution is 0.0691. The first kappa shape index (κ1) is 12.5. The fraction of sp³-hybridized carbons (Fsp3) is 0.167. The van der Waals surface area contributed by atoms with Crippen LogP contribution in [0.15, 0.2) is 29.6 Å². The lowest BCUT2D eigenvalue weighted by Crippen LogP contribution is -2.05. The standard InChI is InChI=1S/C12H11FN2O2S/c13-9-3-1-2-8(6-9)4-5-14-12-15-10(7-18-12)11(16)17/h1-3,6-7H,4-5H2,(H,14,15)(H,16,17). The number of hydrogen-bond acceptors (Lipinski definition) is 4. The smallest absolute Gasteiger partial charge is 0.355 e. The summed E-state index contributed by atoms with van der Waals surface area (Å²) in [4.78, 5) is 14.5.